The summed E-state index contributed by atoms with van der Waals surface area (Å²) in [4.78, 5) is 30.1. The van der Waals surface area contributed by atoms with Gasteiger partial charge in [-0.25, -0.2) is 4.98 Å². The zero-order chi connectivity index (χ0) is 19.8. The average molecular weight is 372 g/mol. The second-order valence-electron chi connectivity index (χ2n) is 6.01. The SMILES string of the molecule is COc1ccc(C(CNC(=O)C(=O)Nc2ccc(OC)nc2)N(C)C)cc1. The number of ether oxygens (including phenoxy) is 2. The zero-order valence-corrected chi connectivity index (χ0v) is 15.9. The number of carbonyl (C=O) groups excluding carboxylic acids is 2. The Bertz CT molecular complexity index is 760. The summed E-state index contributed by atoms with van der Waals surface area (Å²) < 4.78 is 10.1. The van der Waals surface area contributed by atoms with Crippen molar-refractivity contribution in [3.63, 3.8) is 0 Å². The fourth-order valence-electron chi connectivity index (χ4n) is 2.46. The fourth-order valence-corrected chi connectivity index (χ4v) is 2.46. The second kappa shape index (κ2) is 9.54. The first kappa shape index (κ1) is 20.2. The molecule has 0 radical (unpaired) electrons. The van der Waals surface area contributed by atoms with Crippen LogP contribution in [0.2, 0.25) is 0 Å². The maximum absolute atomic E-state index is 12.1. The highest BCUT2D eigenvalue weighted by Crippen LogP contribution is 2.20. The molecule has 0 bridgehead atoms. The summed E-state index contributed by atoms with van der Waals surface area (Å²) in [6.07, 6.45) is 1.42. The Kier molecular flexibility index (Phi) is 7.13. The molecule has 27 heavy (non-hydrogen) atoms. The molecule has 0 saturated heterocycles. The van der Waals surface area contributed by atoms with Crippen LogP contribution in [0.5, 0.6) is 11.6 Å². The molecule has 1 unspecified atom stereocenters. The molecular formula is C19H24N4O4. The van der Waals surface area contributed by atoms with Crippen molar-refractivity contribution in [2.24, 2.45) is 0 Å². The van der Waals surface area contributed by atoms with Crippen LogP contribution in [0.25, 0.3) is 0 Å². The minimum absolute atomic E-state index is 0.0877. The molecular weight excluding hydrogens is 348 g/mol. The summed E-state index contributed by atoms with van der Waals surface area (Å²) in [6, 6.07) is 10.7. The first-order valence-corrected chi connectivity index (χ1v) is 8.34. The first-order chi connectivity index (χ1) is 12.9. The number of carbonyl (C=O) groups is 2. The molecule has 0 saturated carbocycles. The number of amides is 2. The largest absolute Gasteiger partial charge is 0.497 e. The quantitative estimate of drug-likeness (QED) is 0.715. The number of benzene rings is 1. The van der Waals surface area contributed by atoms with Crippen LogP contribution < -0.4 is 20.1 Å². The van der Waals surface area contributed by atoms with Crippen LogP contribution in [0.4, 0.5) is 5.69 Å². The highest BCUT2D eigenvalue weighted by molar-refractivity contribution is 6.39. The van der Waals surface area contributed by atoms with Gasteiger partial charge in [-0.1, -0.05) is 12.1 Å². The van der Waals surface area contributed by atoms with E-state index in [4.69, 9.17) is 9.47 Å². The van der Waals surface area contributed by atoms with E-state index in [9.17, 15) is 9.59 Å². The van der Waals surface area contributed by atoms with Crippen molar-refractivity contribution < 1.29 is 19.1 Å². The third-order valence-electron chi connectivity index (χ3n) is 3.99. The molecule has 0 aliphatic carbocycles. The van der Waals surface area contributed by atoms with E-state index < -0.39 is 11.8 Å². The molecule has 0 fully saturated rings. The molecule has 144 valence electrons. The van der Waals surface area contributed by atoms with Crippen molar-refractivity contribution in [1.82, 2.24) is 15.2 Å². The fraction of sp³-hybridized carbons (Fsp3) is 0.316. The molecule has 8 nitrogen and oxygen atoms in total. The van der Waals surface area contributed by atoms with Crippen molar-refractivity contribution in [1.29, 1.82) is 0 Å². The third-order valence-corrected chi connectivity index (χ3v) is 3.99. The Hall–Kier alpha value is -3.13. The van der Waals surface area contributed by atoms with E-state index in [1.165, 1.54) is 13.3 Å². The Morgan fingerprint density at radius 3 is 2.26 bits per heavy atom. The van der Waals surface area contributed by atoms with Crippen LogP contribution in [0.1, 0.15) is 11.6 Å². The summed E-state index contributed by atoms with van der Waals surface area (Å²) in [5, 5.41) is 5.17. The summed E-state index contributed by atoms with van der Waals surface area (Å²) in [6.45, 7) is 0.284. The van der Waals surface area contributed by atoms with Crippen molar-refractivity contribution in [2.75, 3.05) is 40.2 Å². The van der Waals surface area contributed by atoms with Gasteiger partial charge in [-0.05, 0) is 37.9 Å². The zero-order valence-electron chi connectivity index (χ0n) is 15.9. The lowest BCUT2D eigenvalue weighted by Gasteiger charge is -2.25. The summed E-state index contributed by atoms with van der Waals surface area (Å²) >= 11 is 0. The maximum Gasteiger partial charge on any atom is 0.313 e. The van der Waals surface area contributed by atoms with Gasteiger partial charge in [0.05, 0.1) is 32.1 Å². The molecule has 8 heteroatoms. The molecule has 0 aliphatic heterocycles. The molecule has 1 atom stereocenters. The van der Waals surface area contributed by atoms with E-state index >= 15 is 0 Å². The van der Waals surface area contributed by atoms with Crippen LogP contribution in [-0.2, 0) is 9.59 Å². The van der Waals surface area contributed by atoms with Gasteiger partial charge in [-0.3, -0.25) is 9.59 Å². The van der Waals surface area contributed by atoms with Crippen LogP contribution in [0.3, 0.4) is 0 Å². The lowest BCUT2D eigenvalue weighted by Crippen LogP contribution is -2.40. The van der Waals surface area contributed by atoms with Gasteiger partial charge >= 0.3 is 11.8 Å². The van der Waals surface area contributed by atoms with Gasteiger partial charge in [0.2, 0.25) is 5.88 Å². The third kappa shape index (κ3) is 5.68. The molecule has 1 heterocycles. The number of anilines is 1. The van der Waals surface area contributed by atoms with Crippen LogP contribution in [0.15, 0.2) is 42.6 Å². The monoisotopic (exact) mass is 372 g/mol. The van der Waals surface area contributed by atoms with Gasteiger partial charge in [-0.2, -0.15) is 0 Å². The molecule has 2 rings (SSSR count). The smallest absolute Gasteiger partial charge is 0.313 e. The lowest BCUT2D eigenvalue weighted by atomic mass is 10.1. The normalized spacial score (nSPS) is 11.6. The predicted octanol–water partition coefficient (Wildman–Crippen LogP) is 1.46. The lowest BCUT2D eigenvalue weighted by molar-refractivity contribution is -0.136. The summed E-state index contributed by atoms with van der Waals surface area (Å²) in [5.41, 5.74) is 1.41. The number of hydrogen-bond donors (Lipinski definition) is 2. The van der Waals surface area contributed by atoms with E-state index in [1.54, 1.807) is 19.2 Å². The van der Waals surface area contributed by atoms with Gasteiger partial charge in [0.1, 0.15) is 5.75 Å². The van der Waals surface area contributed by atoms with Gasteiger partial charge < -0.3 is 25.0 Å². The highest BCUT2D eigenvalue weighted by atomic mass is 16.5. The van der Waals surface area contributed by atoms with E-state index in [2.05, 4.69) is 15.6 Å². The van der Waals surface area contributed by atoms with Crippen molar-refractivity contribution in [2.45, 2.75) is 6.04 Å². The molecule has 2 N–H and O–H groups in total. The number of pyridine rings is 1. The van der Waals surface area contributed by atoms with Crippen LogP contribution in [-0.4, -0.2) is 56.6 Å². The van der Waals surface area contributed by atoms with Gasteiger partial charge in [0, 0.05) is 12.6 Å². The number of nitrogens with one attached hydrogen (secondary N) is 2. The minimum atomic E-state index is -0.755. The minimum Gasteiger partial charge on any atom is -0.497 e. The first-order valence-electron chi connectivity index (χ1n) is 8.34. The second-order valence-corrected chi connectivity index (χ2v) is 6.01. The maximum atomic E-state index is 12.1. The van der Waals surface area contributed by atoms with Gasteiger partial charge in [0.15, 0.2) is 0 Å². The standard InChI is InChI=1S/C19H24N4O4/c1-23(2)16(13-5-8-15(26-3)9-6-13)12-21-18(24)19(25)22-14-7-10-17(27-4)20-11-14/h5-11,16H,12H2,1-4H3,(H,21,24)(H,22,25). The molecule has 2 aromatic rings. The summed E-state index contributed by atoms with van der Waals surface area (Å²) in [5.74, 6) is -0.293. The van der Waals surface area contributed by atoms with E-state index in [0.717, 1.165) is 11.3 Å². The van der Waals surface area contributed by atoms with Gasteiger partial charge in [-0.15, -0.1) is 0 Å². The van der Waals surface area contributed by atoms with E-state index in [-0.39, 0.29) is 12.6 Å². The van der Waals surface area contributed by atoms with E-state index in [1.807, 2.05) is 43.3 Å². The Morgan fingerprint density at radius 1 is 1.04 bits per heavy atom. The number of rotatable bonds is 7. The van der Waals surface area contributed by atoms with Crippen molar-refractivity contribution in [3.8, 4) is 11.6 Å². The van der Waals surface area contributed by atoms with Crippen LogP contribution >= 0.6 is 0 Å². The predicted molar refractivity (Wildman–Crippen MR) is 102 cm³/mol. The summed E-state index contributed by atoms with van der Waals surface area (Å²) in [7, 11) is 6.92. The Balaban J connectivity index is 1.94. The average Bonchev–Trinajstić information content (AvgIpc) is 2.68. The highest BCUT2D eigenvalue weighted by Gasteiger charge is 2.19. The van der Waals surface area contributed by atoms with Crippen molar-refractivity contribution in [3.05, 3.63) is 48.2 Å². The number of hydrogen-bond acceptors (Lipinski definition) is 6. The molecule has 1 aromatic carbocycles. The number of methoxy groups -OCH3 is 2. The molecule has 2 amide bonds. The Morgan fingerprint density at radius 2 is 1.74 bits per heavy atom. The molecule has 0 spiro atoms. The number of nitrogens with zero attached hydrogens (tertiary/aromatic N) is 2. The van der Waals surface area contributed by atoms with Crippen LogP contribution in [0, 0.1) is 0 Å². The number of aromatic nitrogens is 1. The Labute approximate surface area is 158 Å². The van der Waals surface area contributed by atoms with E-state index in [0.29, 0.717) is 11.6 Å². The molecule has 1 aromatic heterocycles. The number of likely N-dealkylation sites (N-methyl/N-ethyl adjacent to an activating group) is 1. The van der Waals surface area contributed by atoms with Gasteiger partial charge in [0.25, 0.3) is 0 Å². The topological polar surface area (TPSA) is 92.8 Å². The van der Waals surface area contributed by atoms with Crippen molar-refractivity contribution >= 4 is 17.5 Å². The molecule has 0 aliphatic rings.